The van der Waals surface area contributed by atoms with Gasteiger partial charge in [-0.3, -0.25) is 19.8 Å². The average molecular weight is 347 g/mol. The number of aromatic amines is 1. The number of nitrogens with two attached hydrogens (primary N) is 1. The van der Waals surface area contributed by atoms with E-state index in [9.17, 15) is 9.59 Å². The summed E-state index contributed by atoms with van der Waals surface area (Å²) in [6.07, 6.45) is 0. The van der Waals surface area contributed by atoms with Crippen molar-refractivity contribution in [3.63, 3.8) is 0 Å². The van der Waals surface area contributed by atoms with Gasteiger partial charge in [0.1, 0.15) is 0 Å². The molecule has 0 atom stereocenters. The molecule has 0 bridgehead atoms. The van der Waals surface area contributed by atoms with Crippen LogP contribution in [0.15, 0.2) is 14.3 Å². The van der Waals surface area contributed by atoms with Crippen LogP contribution in [0.25, 0.3) is 11.2 Å². The maximum absolute atomic E-state index is 11.9. The highest BCUT2D eigenvalue weighted by molar-refractivity contribution is 9.10. The predicted molar refractivity (Wildman–Crippen MR) is 77.7 cm³/mol. The molecule has 10 heteroatoms. The zero-order chi connectivity index (χ0) is 14.2. The van der Waals surface area contributed by atoms with Gasteiger partial charge in [0.15, 0.2) is 21.1 Å². The molecule has 2 aromatic heterocycles. The number of rotatable bonds is 3. The summed E-state index contributed by atoms with van der Waals surface area (Å²) in [7, 11) is 1.54. The molecule has 0 radical (unpaired) electrons. The zero-order valence-corrected chi connectivity index (χ0v) is 12.3. The minimum atomic E-state index is -0.507. The largest absolute Gasteiger partial charge is 0.379 e. The maximum atomic E-state index is 11.9. The Morgan fingerprint density at radius 1 is 1.58 bits per heavy atom. The van der Waals surface area contributed by atoms with Crippen molar-refractivity contribution in [1.82, 2.24) is 19.1 Å². The van der Waals surface area contributed by atoms with E-state index in [0.29, 0.717) is 28.2 Å². The molecule has 0 saturated carbocycles. The van der Waals surface area contributed by atoms with E-state index in [1.807, 2.05) is 0 Å². The fourth-order valence-corrected chi connectivity index (χ4v) is 2.68. The van der Waals surface area contributed by atoms with Gasteiger partial charge in [0.2, 0.25) is 0 Å². The Morgan fingerprint density at radius 3 is 2.89 bits per heavy atom. The van der Waals surface area contributed by atoms with Gasteiger partial charge < -0.3 is 10.3 Å². The van der Waals surface area contributed by atoms with E-state index >= 15 is 0 Å². The van der Waals surface area contributed by atoms with Crippen LogP contribution in [0.4, 0.5) is 0 Å². The molecule has 2 aromatic rings. The Labute approximate surface area is 119 Å². The normalized spacial score (nSPS) is 11.1. The van der Waals surface area contributed by atoms with Gasteiger partial charge in [0.05, 0.1) is 0 Å². The predicted octanol–water partition coefficient (Wildman–Crippen LogP) is -0.188. The highest BCUT2D eigenvalue weighted by Crippen LogP contribution is 2.16. The molecule has 0 aliphatic heterocycles. The molecule has 4 N–H and O–H groups in total. The van der Waals surface area contributed by atoms with Crippen molar-refractivity contribution in [1.29, 1.82) is 5.41 Å². The smallest absolute Gasteiger partial charge is 0.329 e. The van der Waals surface area contributed by atoms with Crippen molar-refractivity contribution in [3.8, 4) is 0 Å². The fraction of sp³-hybridized carbons (Fsp3) is 0.333. The number of amidine groups is 1. The summed E-state index contributed by atoms with van der Waals surface area (Å²) in [5.41, 5.74) is 4.89. The number of H-pyrrole nitrogens is 1. The number of aromatic nitrogens is 4. The number of nitrogens with zero attached hydrogens (tertiary/aromatic N) is 3. The first-order chi connectivity index (χ1) is 8.91. The monoisotopic (exact) mass is 346 g/mol. The van der Waals surface area contributed by atoms with Crippen molar-refractivity contribution in [2.45, 2.75) is 6.54 Å². The Bertz CT molecular complexity index is 760. The van der Waals surface area contributed by atoms with Crippen LogP contribution in [-0.2, 0) is 13.6 Å². The maximum Gasteiger partial charge on any atom is 0.329 e. The number of nitrogens with one attached hydrogen (secondary N) is 2. The first-order valence-electron chi connectivity index (χ1n) is 5.23. The van der Waals surface area contributed by atoms with Gasteiger partial charge >= 0.3 is 5.69 Å². The summed E-state index contributed by atoms with van der Waals surface area (Å²) >= 11 is 4.43. The summed E-state index contributed by atoms with van der Waals surface area (Å²) < 4.78 is 3.37. The lowest BCUT2D eigenvalue weighted by Gasteiger charge is -2.04. The Hall–Kier alpha value is -1.55. The molecule has 102 valence electrons. The third-order valence-electron chi connectivity index (χ3n) is 2.53. The Morgan fingerprint density at radius 2 is 2.26 bits per heavy atom. The molecule has 0 aliphatic rings. The molecule has 8 nitrogen and oxygen atoms in total. The van der Waals surface area contributed by atoms with Crippen LogP contribution in [0.2, 0.25) is 0 Å². The first kappa shape index (κ1) is 13.9. The minimum Gasteiger partial charge on any atom is -0.379 e. The van der Waals surface area contributed by atoms with E-state index in [2.05, 4.69) is 25.9 Å². The van der Waals surface area contributed by atoms with E-state index in [0.717, 1.165) is 0 Å². The topological polar surface area (TPSA) is 123 Å². The van der Waals surface area contributed by atoms with Crippen molar-refractivity contribution in [3.05, 3.63) is 25.6 Å². The van der Waals surface area contributed by atoms with Gasteiger partial charge in [-0.1, -0.05) is 11.8 Å². The van der Waals surface area contributed by atoms with Crippen LogP contribution < -0.4 is 17.0 Å². The molecule has 0 aromatic carbocycles. The molecule has 19 heavy (non-hydrogen) atoms. The Balaban J connectivity index is 2.53. The van der Waals surface area contributed by atoms with Crippen LogP contribution in [-0.4, -0.2) is 30.0 Å². The van der Waals surface area contributed by atoms with Crippen LogP contribution in [0.1, 0.15) is 0 Å². The number of imidazole rings is 1. The second kappa shape index (κ2) is 5.21. The van der Waals surface area contributed by atoms with Gasteiger partial charge in [-0.2, -0.15) is 0 Å². The highest BCUT2D eigenvalue weighted by atomic mass is 79.9. The van der Waals surface area contributed by atoms with Crippen molar-refractivity contribution in [2.75, 3.05) is 5.75 Å². The van der Waals surface area contributed by atoms with E-state index in [-0.39, 0.29) is 5.17 Å². The van der Waals surface area contributed by atoms with Gasteiger partial charge in [0, 0.05) is 19.3 Å². The van der Waals surface area contributed by atoms with Gasteiger partial charge in [0.25, 0.3) is 5.56 Å². The lowest BCUT2D eigenvalue weighted by atomic mass is 10.5. The van der Waals surface area contributed by atoms with Crippen LogP contribution in [0.5, 0.6) is 0 Å². The summed E-state index contributed by atoms with van der Waals surface area (Å²) in [6.45, 7) is 0.447. The van der Waals surface area contributed by atoms with Gasteiger partial charge in [-0.15, -0.1) is 0 Å². The molecule has 0 aliphatic carbocycles. The average Bonchev–Trinajstić information content (AvgIpc) is 2.64. The number of halogens is 1. The Kier molecular flexibility index (Phi) is 3.80. The molecule has 2 heterocycles. The molecule has 0 fully saturated rings. The van der Waals surface area contributed by atoms with Gasteiger partial charge in [-0.05, 0) is 15.9 Å². The highest BCUT2D eigenvalue weighted by Gasteiger charge is 2.15. The zero-order valence-electron chi connectivity index (χ0n) is 9.94. The lowest BCUT2D eigenvalue weighted by molar-refractivity contribution is 0.768. The van der Waals surface area contributed by atoms with E-state index in [4.69, 9.17) is 11.1 Å². The van der Waals surface area contributed by atoms with E-state index in [1.54, 1.807) is 4.57 Å². The summed E-state index contributed by atoms with van der Waals surface area (Å²) in [6, 6.07) is 0. The standard InChI is InChI=1S/C9H11BrN6O2S/c1-15-5-4(6(17)14-9(15)18)16(7(10)13-5)2-3-19-8(11)12/h2-3H2,1H3,(H3,11,12)(H,14,17,18). The van der Waals surface area contributed by atoms with E-state index < -0.39 is 11.2 Å². The summed E-state index contributed by atoms with van der Waals surface area (Å²) in [4.78, 5) is 29.7. The minimum absolute atomic E-state index is 0.0156. The molecular weight excluding hydrogens is 336 g/mol. The van der Waals surface area contributed by atoms with Gasteiger partial charge in [-0.25, -0.2) is 9.78 Å². The molecule has 0 saturated heterocycles. The second-order valence-electron chi connectivity index (χ2n) is 3.74. The quantitative estimate of drug-likeness (QED) is 0.404. The summed E-state index contributed by atoms with van der Waals surface area (Å²) in [5, 5.41) is 7.15. The molecule has 0 spiro atoms. The molecule has 0 amide bonds. The van der Waals surface area contributed by atoms with E-state index in [1.165, 1.54) is 23.4 Å². The number of fused-ring (bicyclic) bond motifs is 1. The van der Waals surface area contributed by atoms with Crippen LogP contribution in [0.3, 0.4) is 0 Å². The number of hydrogen-bond donors (Lipinski definition) is 3. The van der Waals surface area contributed by atoms with Crippen LogP contribution in [0, 0.1) is 5.41 Å². The van der Waals surface area contributed by atoms with Crippen molar-refractivity contribution in [2.24, 2.45) is 12.8 Å². The first-order valence-corrected chi connectivity index (χ1v) is 7.01. The third-order valence-corrected chi connectivity index (χ3v) is 3.84. The number of hydrogen-bond acceptors (Lipinski definition) is 5. The fourth-order valence-electron chi connectivity index (χ4n) is 1.66. The summed E-state index contributed by atoms with van der Waals surface area (Å²) in [5.74, 6) is 0.529. The SMILES string of the molecule is Cn1c(=O)[nH]c(=O)c2c1nc(Br)n2CCSC(=N)N. The number of aryl methyl sites for hydroxylation is 2. The number of thioether (sulfide) groups is 1. The molecule has 0 unspecified atom stereocenters. The molecular formula is C9H11BrN6O2S. The van der Waals surface area contributed by atoms with Crippen molar-refractivity contribution < 1.29 is 0 Å². The second-order valence-corrected chi connectivity index (χ2v) is 5.58. The molecule has 2 rings (SSSR count). The lowest BCUT2D eigenvalue weighted by Crippen LogP contribution is -2.29. The van der Waals surface area contributed by atoms with Crippen molar-refractivity contribution >= 4 is 44.0 Å². The third kappa shape index (κ3) is 2.59. The van der Waals surface area contributed by atoms with Crippen LogP contribution >= 0.6 is 27.7 Å².